The lowest BCUT2D eigenvalue weighted by molar-refractivity contribution is -0.385. The molecule has 2 N–H and O–H groups in total. The number of benzene rings is 1. The Morgan fingerprint density at radius 3 is 2.80 bits per heavy atom. The fourth-order valence-corrected chi connectivity index (χ4v) is 2.34. The van der Waals surface area contributed by atoms with Crippen LogP contribution in [0.3, 0.4) is 0 Å². The quantitative estimate of drug-likeness (QED) is 0.641. The van der Waals surface area contributed by atoms with Crippen LogP contribution in [0, 0.1) is 21.8 Å². The van der Waals surface area contributed by atoms with Crippen LogP contribution in [0.4, 0.5) is 10.1 Å². The molecule has 1 aromatic rings. The highest BCUT2D eigenvalue weighted by Crippen LogP contribution is 2.37. The molecular formula is C12H13FN2O5. The van der Waals surface area contributed by atoms with Gasteiger partial charge in [0.15, 0.2) is 11.6 Å². The fraction of sp³-hybridized carbons (Fsp3) is 0.417. The maximum absolute atomic E-state index is 13.8. The number of carbonyl (C=O) groups is 1. The zero-order valence-electron chi connectivity index (χ0n) is 10.6. The molecule has 1 aliphatic heterocycles. The summed E-state index contributed by atoms with van der Waals surface area (Å²) in [5, 5.41) is 22.6. The first-order chi connectivity index (χ1) is 9.43. The zero-order valence-corrected chi connectivity index (χ0v) is 10.6. The second kappa shape index (κ2) is 5.41. The molecule has 1 aromatic carbocycles. The zero-order chi connectivity index (χ0) is 14.9. The van der Waals surface area contributed by atoms with Gasteiger partial charge in [-0.25, -0.2) is 4.39 Å². The first-order valence-electron chi connectivity index (χ1n) is 5.92. The van der Waals surface area contributed by atoms with Gasteiger partial charge in [0.1, 0.15) is 0 Å². The highest BCUT2D eigenvalue weighted by Gasteiger charge is 2.33. The van der Waals surface area contributed by atoms with Crippen molar-refractivity contribution < 1.29 is 24.0 Å². The van der Waals surface area contributed by atoms with Crippen molar-refractivity contribution in [3.63, 3.8) is 0 Å². The molecule has 0 radical (unpaired) electrons. The normalized spacial score (nSPS) is 21.7. The van der Waals surface area contributed by atoms with Gasteiger partial charge in [-0.1, -0.05) is 0 Å². The summed E-state index contributed by atoms with van der Waals surface area (Å²) in [4.78, 5) is 21.0. The molecule has 0 amide bonds. The number of carboxylic acid groups (broad SMARTS) is 1. The Balaban J connectivity index is 2.39. The Morgan fingerprint density at radius 1 is 1.60 bits per heavy atom. The maximum atomic E-state index is 13.8. The maximum Gasteiger partial charge on any atom is 0.307 e. The van der Waals surface area contributed by atoms with E-state index in [2.05, 4.69) is 5.32 Å². The Morgan fingerprint density at radius 2 is 2.30 bits per heavy atom. The number of aliphatic carboxylic acids is 1. The number of hydrogen-bond acceptors (Lipinski definition) is 5. The van der Waals surface area contributed by atoms with Crippen LogP contribution in [0.15, 0.2) is 12.1 Å². The SMILES string of the molecule is COc1c(F)cc([N+](=O)[O-])cc1C1CC(C(=O)O)CN1. The first kappa shape index (κ1) is 14.2. The van der Waals surface area contributed by atoms with Crippen molar-refractivity contribution in [1.29, 1.82) is 0 Å². The molecule has 2 atom stereocenters. The number of non-ortho nitro benzene ring substituents is 1. The third-order valence-corrected chi connectivity index (χ3v) is 3.33. The van der Waals surface area contributed by atoms with E-state index in [1.165, 1.54) is 13.2 Å². The molecule has 1 saturated heterocycles. The number of methoxy groups -OCH3 is 1. The minimum Gasteiger partial charge on any atom is -0.493 e. The lowest BCUT2D eigenvalue weighted by atomic mass is 9.98. The van der Waals surface area contributed by atoms with Crippen LogP contribution in [0.2, 0.25) is 0 Å². The number of nitrogens with one attached hydrogen (secondary N) is 1. The number of nitrogens with zero attached hydrogens (tertiary/aromatic N) is 1. The monoisotopic (exact) mass is 284 g/mol. The molecule has 0 bridgehead atoms. The van der Waals surface area contributed by atoms with Crippen LogP contribution < -0.4 is 10.1 Å². The van der Waals surface area contributed by atoms with E-state index >= 15 is 0 Å². The molecule has 1 fully saturated rings. The van der Waals surface area contributed by atoms with Crippen molar-refractivity contribution in [3.8, 4) is 5.75 Å². The van der Waals surface area contributed by atoms with E-state index in [1.807, 2.05) is 0 Å². The van der Waals surface area contributed by atoms with E-state index in [-0.39, 0.29) is 30.0 Å². The summed E-state index contributed by atoms with van der Waals surface area (Å²) in [6.07, 6.45) is 0.228. The summed E-state index contributed by atoms with van der Waals surface area (Å²) in [5.41, 5.74) is -0.123. The van der Waals surface area contributed by atoms with Crippen molar-refractivity contribution in [2.75, 3.05) is 13.7 Å². The molecule has 7 nitrogen and oxygen atoms in total. The molecule has 0 aromatic heterocycles. The molecule has 0 aliphatic carbocycles. The number of carboxylic acids is 1. The van der Waals surface area contributed by atoms with E-state index in [0.29, 0.717) is 0 Å². The average molecular weight is 284 g/mol. The van der Waals surface area contributed by atoms with E-state index in [9.17, 15) is 19.3 Å². The Kier molecular flexibility index (Phi) is 3.84. The predicted molar refractivity (Wildman–Crippen MR) is 66.1 cm³/mol. The Hall–Kier alpha value is -2.22. The highest BCUT2D eigenvalue weighted by atomic mass is 19.1. The van der Waals surface area contributed by atoms with Gasteiger partial charge in [-0.2, -0.15) is 0 Å². The second-order valence-corrected chi connectivity index (χ2v) is 4.54. The summed E-state index contributed by atoms with van der Waals surface area (Å²) in [7, 11) is 1.26. The summed E-state index contributed by atoms with van der Waals surface area (Å²) in [6, 6.07) is 1.51. The molecule has 108 valence electrons. The average Bonchev–Trinajstić information content (AvgIpc) is 2.87. The summed E-state index contributed by atoms with van der Waals surface area (Å²) in [6.45, 7) is 0.230. The van der Waals surface area contributed by atoms with Crippen molar-refractivity contribution in [3.05, 3.63) is 33.6 Å². The Labute approximate surface area is 113 Å². The van der Waals surface area contributed by atoms with Gasteiger partial charge in [-0.3, -0.25) is 14.9 Å². The number of nitro benzene ring substituents is 1. The third kappa shape index (κ3) is 2.55. The smallest absolute Gasteiger partial charge is 0.307 e. The van der Waals surface area contributed by atoms with Gasteiger partial charge in [0.2, 0.25) is 0 Å². The predicted octanol–water partition coefficient (Wildman–Crippen LogP) is 1.48. The number of ether oxygens (including phenoxy) is 1. The van der Waals surface area contributed by atoms with Gasteiger partial charge < -0.3 is 15.2 Å². The van der Waals surface area contributed by atoms with Gasteiger partial charge >= 0.3 is 5.97 Å². The van der Waals surface area contributed by atoms with Gasteiger partial charge in [0, 0.05) is 24.2 Å². The third-order valence-electron chi connectivity index (χ3n) is 3.33. The van der Waals surface area contributed by atoms with Gasteiger partial charge in [-0.15, -0.1) is 0 Å². The van der Waals surface area contributed by atoms with Crippen molar-refractivity contribution >= 4 is 11.7 Å². The molecule has 8 heteroatoms. The molecule has 0 spiro atoms. The van der Waals surface area contributed by atoms with Crippen molar-refractivity contribution in [1.82, 2.24) is 5.32 Å². The summed E-state index contributed by atoms with van der Waals surface area (Å²) < 4.78 is 18.7. The Bertz CT molecular complexity index is 563. The minimum atomic E-state index is -0.954. The van der Waals surface area contributed by atoms with E-state index in [1.54, 1.807) is 0 Å². The molecule has 1 aliphatic rings. The lowest BCUT2D eigenvalue weighted by Gasteiger charge is -2.15. The van der Waals surface area contributed by atoms with E-state index < -0.39 is 28.7 Å². The number of rotatable bonds is 4. The summed E-state index contributed by atoms with van der Waals surface area (Å²) in [5.74, 6) is -2.49. The van der Waals surface area contributed by atoms with Crippen LogP contribution >= 0.6 is 0 Å². The van der Waals surface area contributed by atoms with E-state index in [0.717, 1.165) is 6.07 Å². The molecule has 20 heavy (non-hydrogen) atoms. The molecular weight excluding hydrogens is 271 g/mol. The van der Waals surface area contributed by atoms with Crippen molar-refractivity contribution in [2.45, 2.75) is 12.5 Å². The second-order valence-electron chi connectivity index (χ2n) is 4.54. The minimum absolute atomic E-state index is 0.0980. The van der Waals surface area contributed by atoms with Crippen LogP contribution in [-0.4, -0.2) is 29.7 Å². The fourth-order valence-electron chi connectivity index (χ4n) is 2.34. The number of hydrogen-bond donors (Lipinski definition) is 2. The number of nitro groups is 1. The first-order valence-corrected chi connectivity index (χ1v) is 5.92. The molecule has 2 rings (SSSR count). The molecule has 0 saturated carbocycles. The van der Waals surface area contributed by atoms with Gasteiger partial charge in [0.05, 0.1) is 24.0 Å². The standard InChI is InChI=1S/C12H13FN2O5/c1-20-11-8(3-7(15(18)19)4-9(11)13)10-2-6(5-14-10)12(16)17/h3-4,6,10,14H,2,5H2,1H3,(H,16,17). The topological polar surface area (TPSA) is 102 Å². The van der Waals surface area contributed by atoms with Crippen LogP contribution in [-0.2, 0) is 4.79 Å². The van der Waals surface area contributed by atoms with Gasteiger partial charge in [0.25, 0.3) is 5.69 Å². The van der Waals surface area contributed by atoms with Gasteiger partial charge in [-0.05, 0) is 6.42 Å². The molecule has 2 unspecified atom stereocenters. The van der Waals surface area contributed by atoms with Crippen LogP contribution in [0.25, 0.3) is 0 Å². The number of halogens is 1. The van der Waals surface area contributed by atoms with Crippen LogP contribution in [0.5, 0.6) is 5.75 Å². The molecule has 1 heterocycles. The highest BCUT2D eigenvalue weighted by molar-refractivity contribution is 5.71. The van der Waals surface area contributed by atoms with Crippen LogP contribution in [0.1, 0.15) is 18.0 Å². The largest absolute Gasteiger partial charge is 0.493 e. The van der Waals surface area contributed by atoms with E-state index in [4.69, 9.17) is 9.84 Å². The summed E-state index contributed by atoms with van der Waals surface area (Å²) >= 11 is 0. The van der Waals surface area contributed by atoms with Crippen molar-refractivity contribution in [2.24, 2.45) is 5.92 Å². The lowest BCUT2D eigenvalue weighted by Crippen LogP contribution is -2.17.